The largest absolute Gasteiger partial charge is 0.357 e. The van der Waals surface area contributed by atoms with Crippen LogP contribution in [0.2, 0.25) is 5.02 Å². The average molecular weight is 527 g/mol. The van der Waals surface area contributed by atoms with E-state index in [4.69, 9.17) is 16.1 Å². The third-order valence-corrected chi connectivity index (χ3v) is 4.13. The highest BCUT2D eigenvalue weighted by molar-refractivity contribution is 14.0. The van der Waals surface area contributed by atoms with E-state index in [-0.39, 0.29) is 24.0 Å². The van der Waals surface area contributed by atoms with Gasteiger partial charge in [-0.15, -0.1) is 24.0 Å². The van der Waals surface area contributed by atoms with E-state index < -0.39 is 0 Å². The van der Waals surface area contributed by atoms with Crippen LogP contribution in [-0.2, 0) is 12.8 Å². The summed E-state index contributed by atoms with van der Waals surface area (Å²) in [6.45, 7) is 4.13. The predicted molar refractivity (Wildman–Crippen MR) is 126 cm³/mol. The summed E-state index contributed by atoms with van der Waals surface area (Å²) in [7, 11) is 0. The summed E-state index contributed by atoms with van der Waals surface area (Å²) in [5.74, 6) is 1.79. The molecule has 2 heterocycles. The lowest BCUT2D eigenvalue weighted by Gasteiger charge is -2.11. The second-order valence-electron chi connectivity index (χ2n) is 6.05. The third-order valence-electron chi connectivity index (χ3n) is 3.90. The van der Waals surface area contributed by atoms with Gasteiger partial charge in [0, 0.05) is 37.3 Å². The molecule has 0 spiro atoms. The highest BCUT2D eigenvalue weighted by Gasteiger charge is 2.09. The quantitative estimate of drug-likeness (QED) is 0.264. The summed E-state index contributed by atoms with van der Waals surface area (Å²) < 4.78 is 5.27. The van der Waals surface area contributed by atoms with Crippen LogP contribution in [0.3, 0.4) is 0 Å². The zero-order valence-electron chi connectivity index (χ0n) is 16.1. The van der Waals surface area contributed by atoms with Crippen molar-refractivity contribution in [2.75, 3.05) is 19.6 Å². The molecule has 0 bridgehead atoms. The van der Waals surface area contributed by atoms with E-state index in [0.29, 0.717) is 30.4 Å². The summed E-state index contributed by atoms with van der Waals surface area (Å²) in [4.78, 5) is 13.1. The number of benzene rings is 1. The molecule has 29 heavy (non-hydrogen) atoms. The number of nitrogens with one attached hydrogen (secondary N) is 2. The molecule has 7 nitrogen and oxygen atoms in total. The van der Waals surface area contributed by atoms with E-state index in [9.17, 15) is 0 Å². The lowest BCUT2D eigenvalue weighted by molar-refractivity contribution is 0.421. The van der Waals surface area contributed by atoms with Gasteiger partial charge < -0.3 is 15.2 Å². The second-order valence-corrected chi connectivity index (χ2v) is 6.48. The Morgan fingerprint density at radius 1 is 1.14 bits per heavy atom. The van der Waals surface area contributed by atoms with Crippen molar-refractivity contribution in [1.82, 2.24) is 25.8 Å². The van der Waals surface area contributed by atoms with Gasteiger partial charge in [0.2, 0.25) is 0 Å². The molecule has 0 unspecified atom stereocenters. The average Bonchev–Trinajstić information content (AvgIpc) is 3.18. The van der Waals surface area contributed by atoms with Crippen molar-refractivity contribution in [2.45, 2.75) is 19.8 Å². The van der Waals surface area contributed by atoms with Gasteiger partial charge in [0.15, 0.2) is 11.8 Å². The van der Waals surface area contributed by atoms with Crippen molar-refractivity contribution >= 4 is 41.5 Å². The van der Waals surface area contributed by atoms with Gasteiger partial charge in [-0.05, 0) is 43.2 Å². The number of pyridine rings is 1. The fraction of sp³-hybridized carbons (Fsp3) is 0.300. The predicted octanol–water partition coefficient (Wildman–Crippen LogP) is 3.74. The minimum atomic E-state index is 0. The summed E-state index contributed by atoms with van der Waals surface area (Å²) in [6, 6.07) is 13.4. The van der Waals surface area contributed by atoms with Gasteiger partial charge in [0.1, 0.15) is 5.69 Å². The number of hydrogen-bond donors (Lipinski definition) is 2. The van der Waals surface area contributed by atoms with Crippen molar-refractivity contribution < 1.29 is 4.52 Å². The van der Waals surface area contributed by atoms with Crippen LogP contribution in [0.15, 0.2) is 58.2 Å². The van der Waals surface area contributed by atoms with Crippen molar-refractivity contribution in [3.05, 3.63) is 65.1 Å². The van der Waals surface area contributed by atoms with Gasteiger partial charge in [0.25, 0.3) is 5.89 Å². The molecule has 0 saturated heterocycles. The molecule has 0 radical (unpaired) electrons. The van der Waals surface area contributed by atoms with E-state index in [1.54, 1.807) is 6.20 Å². The molecule has 0 aliphatic heterocycles. The molecule has 2 N–H and O–H groups in total. The fourth-order valence-corrected chi connectivity index (χ4v) is 2.79. The molecular weight excluding hydrogens is 503 g/mol. The van der Waals surface area contributed by atoms with Crippen LogP contribution in [0.5, 0.6) is 0 Å². The Balaban J connectivity index is 0.00000300. The molecule has 0 atom stereocenters. The number of aliphatic imine (C=N–C) groups is 1. The van der Waals surface area contributed by atoms with Gasteiger partial charge in [-0.25, -0.2) is 0 Å². The summed E-state index contributed by atoms with van der Waals surface area (Å²) in [6.07, 6.45) is 3.14. The molecular formula is C20H24ClIN6O. The van der Waals surface area contributed by atoms with Crippen molar-refractivity contribution in [1.29, 1.82) is 0 Å². The first-order valence-electron chi connectivity index (χ1n) is 9.25. The van der Waals surface area contributed by atoms with Crippen molar-refractivity contribution in [2.24, 2.45) is 4.99 Å². The minimum Gasteiger partial charge on any atom is -0.357 e. The van der Waals surface area contributed by atoms with Gasteiger partial charge in [0.05, 0.1) is 0 Å². The number of hydrogen-bond acceptors (Lipinski definition) is 5. The van der Waals surface area contributed by atoms with Gasteiger partial charge in [-0.3, -0.25) is 9.98 Å². The molecule has 2 aromatic heterocycles. The Morgan fingerprint density at radius 2 is 2.03 bits per heavy atom. The van der Waals surface area contributed by atoms with Crippen molar-refractivity contribution in [3.8, 4) is 11.6 Å². The van der Waals surface area contributed by atoms with E-state index >= 15 is 0 Å². The third kappa shape index (κ3) is 7.62. The number of halogens is 2. The number of aromatic nitrogens is 3. The van der Waals surface area contributed by atoms with Crippen LogP contribution in [-0.4, -0.2) is 40.7 Å². The highest BCUT2D eigenvalue weighted by Crippen LogP contribution is 2.13. The second kappa shape index (κ2) is 12.4. The zero-order chi connectivity index (χ0) is 19.6. The molecule has 3 aromatic rings. The smallest absolute Gasteiger partial charge is 0.276 e. The first-order valence-corrected chi connectivity index (χ1v) is 9.63. The molecule has 0 amide bonds. The first kappa shape index (κ1) is 23.1. The zero-order valence-corrected chi connectivity index (χ0v) is 19.2. The topological polar surface area (TPSA) is 88.2 Å². The van der Waals surface area contributed by atoms with E-state index in [2.05, 4.69) is 36.8 Å². The molecule has 0 aliphatic carbocycles. The van der Waals surface area contributed by atoms with Crippen LogP contribution < -0.4 is 10.6 Å². The Hall–Kier alpha value is -2.20. The normalized spacial score (nSPS) is 11.0. The minimum absolute atomic E-state index is 0. The Kier molecular flexibility index (Phi) is 9.85. The number of guanidine groups is 1. The van der Waals surface area contributed by atoms with Gasteiger partial charge in [-0.1, -0.05) is 35.0 Å². The van der Waals surface area contributed by atoms with Crippen LogP contribution in [0.4, 0.5) is 0 Å². The van der Waals surface area contributed by atoms with E-state index in [1.165, 1.54) is 5.56 Å². The molecule has 0 saturated carbocycles. The highest BCUT2D eigenvalue weighted by atomic mass is 127. The standard InChI is InChI=1S/C20H23ClN6O.HI/c1-2-22-20(24-12-9-15-6-5-7-16(21)14-15)25-13-10-18-26-19(28-27-18)17-8-3-4-11-23-17;/h3-8,11,14H,2,9-10,12-13H2,1H3,(H2,22,24,25);1H. The van der Waals surface area contributed by atoms with Crippen molar-refractivity contribution in [3.63, 3.8) is 0 Å². The van der Waals surface area contributed by atoms with Crippen LogP contribution >= 0.6 is 35.6 Å². The van der Waals surface area contributed by atoms with E-state index in [1.807, 2.05) is 43.3 Å². The summed E-state index contributed by atoms with van der Waals surface area (Å²) in [5.41, 5.74) is 1.85. The maximum atomic E-state index is 6.02. The summed E-state index contributed by atoms with van der Waals surface area (Å²) >= 11 is 6.02. The SMILES string of the molecule is CCNC(=NCCc1noc(-c2ccccn2)n1)NCCc1cccc(Cl)c1.I. The maximum Gasteiger partial charge on any atom is 0.276 e. The van der Waals surface area contributed by atoms with Gasteiger partial charge in [-0.2, -0.15) is 4.98 Å². The maximum absolute atomic E-state index is 6.02. The number of nitrogens with zero attached hydrogens (tertiary/aromatic N) is 4. The molecule has 0 fully saturated rings. The molecule has 9 heteroatoms. The van der Waals surface area contributed by atoms with Crippen LogP contribution in [0.1, 0.15) is 18.3 Å². The van der Waals surface area contributed by atoms with Gasteiger partial charge >= 0.3 is 0 Å². The first-order chi connectivity index (χ1) is 13.7. The van der Waals surface area contributed by atoms with Crippen LogP contribution in [0.25, 0.3) is 11.6 Å². The van der Waals surface area contributed by atoms with Crippen LogP contribution in [0, 0.1) is 0 Å². The Morgan fingerprint density at radius 3 is 2.79 bits per heavy atom. The monoisotopic (exact) mass is 526 g/mol. The molecule has 1 aromatic carbocycles. The Bertz CT molecular complexity index is 903. The van der Waals surface area contributed by atoms with E-state index in [0.717, 1.165) is 30.5 Å². The molecule has 154 valence electrons. The lowest BCUT2D eigenvalue weighted by atomic mass is 10.1. The fourth-order valence-electron chi connectivity index (χ4n) is 2.58. The lowest BCUT2D eigenvalue weighted by Crippen LogP contribution is -2.38. The molecule has 3 rings (SSSR count). The number of rotatable bonds is 8. The summed E-state index contributed by atoms with van der Waals surface area (Å²) in [5, 5.41) is 11.3. The molecule has 0 aliphatic rings. The Labute approximate surface area is 192 Å².